The van der Waals surface area contributed by atoms with E-state index in [0.29, 0.717) is 38.6 Å². The average molecular weight is 362 g/mol. The van der Waals surface area contributed by atoms with E-state index >= 15 is 0 Å². The van der Waals surface area contributed by atoms with E-state index in [9.17, 15) is 17.6 Å². The second-order valence-corrected chi connectivity index (χ2v) is 5.93. The van der Waals surface area contributed by atoms with E-state index < -0.39 is 12.7 Å². The third-order valence-electron chi connectivity index (χ3n) is 3.41. The first-order valence-electron chi connectivity index (χ1n) is 8.20. The summed E-state index contributed by atoms with van der Waals surface area (Å²) in [5.74, 6) is 0.353. The first-order valence-corrected chi connectivity index (χ1v) is 8.20. The molecule has 0 spiro atoms. The maximum absolute atomic E-state index is 13.3. The van der Waals surface area contributed by atoms with Crippen LogP contribution in [0, 0.1) is 5.82 Å². The summed E-state index contributed by atoms with van der Waals surface area (Å²) in [4.78, 5) is 7.52. The van der Waals surface area contributed by atoms with Gasteiger partial charge in [-0.3, -0.25) is 9.89 Å². The summed E-state index contributed by atoms with van der Waals surface area (Å²) >= 11 is 0. The molecule has 0 saturated carbocycles. The molecule has 0 radical (unpaired) electrons. The van der Waals surface area contributed by atoms with Gasteiger partial charge in [0, 0.05) is 26.7 Å². The number of benzene rings is 1. The zero-order valence-electron chi connectivity index (χ0n) is 14.9. The fourth-order valence-corrected chi connectivity index (χ4v) is 2.36. The molecule has 0 saturated heterocycles. The van der Waals surface area contributed by atoms with Crippen LogP contribution in [0.4, 0.5) is 17.6 Å². The van der Waals surface area contributed by atoms with Crippen molar-refractivity contribution in [2.75, 3.05) is 40.3 Å². The lowest BCUT2D eigenvalue weighted by Crippen LogP contribution is -2.38. The lowest BCUT2D eigenvalue weighted by atomic mass is 10.2. The number of nitrogens with zero attached hydrogens (tertiary/aromatic N) is 3. The van der Waals surface area contributed by atoms with Crippen LogP contribution in [0.3, 0.4) is 0 Å². The molecule has 0 unspecified atom stereocenters. The summed E-state index contributed by atoms with van der Waals surface area (Å²) < 4.78 is 50.1. The van der Waals surface area contributed by atoms with Crippen molar-refractivity contribution in [2.45, 2.75) is 26.1 Å². The molecular weight excluding hydrogens is 336 g/mol. The summed E-state index contributed by atoms with van der Waals surface area (Å²) in [5.41, 5.74) is 0.818. The summed E-state index contributed by atoms with van der Waals surface area (Å²) in [7, 11) is 3.28. The van der Waals surface area contributed by atoms with Gasteiger partial charge in [0.15, 0.2) is 5.96 Å². The molecule has 1 rings (SSSR count). The molecular formula is C17H26F4N4. The Bertz CT molecular complexity index is 546. The molecule has 4 nitrogen and oxygen atoms in total. The third-order valence-corrected chi connectivity index (χ3v) is 3.41. The predicted octanol–water partition coefficient (Wildman–Crippen LogP) is 3.11. The van der Waals surface area contributed by atoms with E-state index in [1.165, 1.54) is 24.1 Å². The Hall–Kier alpha value is -1.83. The van der Waals surface area contributed by atoms with E-state index in [2.05, 4.69) is 10.3 Å². The molecule has 0 heterocycles. The molecule has 0 amide bonds. The van der Waals surface area contributed by atoms with Crippen molar-refractivity contribution < 1.29 is 17.6 Å². The van der Waals surface area contributed by atoms with Gasteiger partial charge in [-0.1, -0.05) is 12.1 Å². The van der Waals surface area contributed by atoms with Crippen molar-refractivity contribution in [3.8, 4) is 0 Å². The largest absolute Gasteiger partial charge is 0.401 e. The molecule has 8 heteroatoms. The van der Waals surface area contributed by atoms with Gasteiger partial charge in [-0.15, -0.1) is 0 Å². The molecule has 1 aromatic carbocycles. The fourth-order valence-electron chi connectivity index (χ4n) is 2.36. The van der Waals surface area contributed by atoms with Crippen molar-refractivity contribution in [3.05, 3.63) is 35.6 Å². The highest BCUT2D eigenvalue weighted by Crippen LogP contribution is 2.15. The highest BCUT2D eigenvalue weighted by Gasteiger charge is 2.28. The maximum atomic E-state index is 13.3. The first kappa shape index (κ1) is 21.2. The number of aliphatic imine (C=N–C) groups is 1. The van der Waals surface area contributed by atoms with E-state index in [0.717, 1.165) is 5.56 Å². The predicted molar refractivity (Wildman–Crippen MR) is 92.0 cm³/mol. The molecule has 25 heavy (non-hydrogen) atoms. The van der Waals surface area contributed by atoms with Gasteiger partial charge in [-0.25, -0.2) is 4.39 Å². The van der Waals surface area contributed by atoms with E-state index in [4.69, 9.17) is 0 Å². The molecule has 0 aliphatic rings. The lowest BCUT2D eigenvalue weighted by molar-refractivity contribution is -0.143. The molecule has 142 valence electrons. The van der Waals surface area contributed by atoms with Gasteiger partial charge in [-0.2, -0.15) is 13.2 Å². The third kappa shape index (κ3) is 9.28. The number of guanidine groups is 1. The van der Waals surface area contributed by atoms with Crippen molar-refractivity contribution in [2.24, 2.45) is 4.99 Å². The highest BCUT2D eigenvalue weighted by atomic mass is 19.4. The van der Waals surface area contributed by atoms with Crippen molar-refractivity contribution >= 4 is 5.96 Å². The smallest absolute Gasteiger partial charge is 0.357 e. The number of hydrogen-bond donors (Lipinski definition) is 1. The minimum Gasteiger partial charge on any atom is -0.357 e. The molecule has 1 N–H and O–H groups in total. The van der Waals surface area contributed by atoms with E-state index in [1.807, 2.05) is 24.9 Å². The van der Waals surface area contributed by atoms with Gasteiger partial charge in [0.25, 0.3) is 0 Å². The standard InChI is InChI=1S/C17H26F4N4/c1-4-22-16(23-9-6-10-24(2)13-17(19,20)21)25(3)12-14-7-5-8-15(18)11-14/h5,7-8,11H,4,6,9-10,12-13H2,1-3H3,(H,22,23). The minimum absolute atomic E-state index is 0.291. The Morgan fingerprint density at radius 3 is 2.56 bits per heavy atom. The molecule has 0 aliphatic heterocycles. The second kappa shape index (κ2) is 10.2. The maximum Gasteiger partial charge on any atom is 0.401 e. The molecule has 1 aromatic rings. The van der Waals surface area contributed by atoms with Crippen LogP contribution in [0.25, 0.3) is 0 Å². The van der Waals surface area contributed by atoms with Crippen molar-refractivity contribution in [3.63, 3.8) is 0 Å². The Balaban J connectivity index is 2.52. The number of rotatable bonds is 8. The van der Waals surface area contributed by atoms with Gasteiger partial charge in [0.1, 0.15) is 5.82 Å². The summed E-state index contributed by atoms with van der Waals surface area (Å²) in [5, 5.41) is 3.13. The number of nitrogens with one attached hydrogen (secondary N) is 1. The summed E-state index contributed by atoms with van der Waals surface area (Å²) in [6, 6.07) is 6.33. The number of alkyl halides is 3. The second-order valence-electron chi connectivity index (χ2n) is 5.93. The van der Waals surface area contributed by atoms with E-state index in [1.54, 1.807) is 6.07 Å². The van der Waals surface area contributed by atoms with Gasteiger partial charge < -0.3 is 10.2 Å². The van der Waals surface area contributed by atoms with Crippen LogP contribution in [0.5, 0.6) is 0 Å². The summed E-state index contributed by atoms with van der Waals surface area (Å²) in [6.07, 6.45) is -3.66. The molecule has 0 aliphatic carbocycles. The average Bonchev–Trinajstić information content (AvgIpc) is 2.48. The minimum atomic E-state index is -4.18. The van der Waals surface area contributed by atoms with Crippen molar-refractivity contribution in [1.29, 1.82) is 0 Å². The van der Waals surface area contributed by atoms with Crippen molar-refractivity contribution in [1.82, 2.24) is 15.1 Å². The number of halogens is 4. The van der Waals surface area contributed by atoms with Crippen LogP contribution in [0.2, 0.25) is 0 Å². The monoisotopic (exact) mass is 362 g/mol. The van der Waals surface area contributed by atoms with Crippen LogP contribution in [0.1, 0.15) is 18.9 Å². The Morgan fingerprint density at radius 2 is 1.96 bits per heavy atom. The quantitative estimate of drug-likeness (QED) is 0.334. The fraction of sp³-hybridized carbons (Fsp3) is 0.588. The van der Waals surface area contributed by atoms with Gasteiger partial charge in [0.2, 0.25) is 0 Å². The highest BCUT2D eigenvalue weighted by molar-refractivity contribution is 5.79. The van der Waals surface area contributed by atoms with Crippen LogP contribution < -0.4 is 5.32 Å². The first-order chi connectivity index (χ1) is 11.7. The zero-order valence-corrected chi connectivity index (χ0v) is 14.9. The van der Waals surface area contributed by atoms with Gasteiger partial charge in [0.05, 0.1) is 6.54 Å². The van der Waals surface area contributed by atoms with Gasteiger partial charge in [-0.05, 0) is 44.6 Å². The molecule has 0 bridgehead atoms. The van der Waals surface area contributed by atoms with E-state index in [-0.39, 0.29) is 5.82 Å². The lowest BCUT2D eigenvalue weighted by Gasteiger charge is -2.22. The SMILES string of the molecule is CCNC(=NCCCN(C)CC(F)(F)F)N(C)Cc1cccc(F)c1. The van der Waals surface area contributed by atoms with Crippen LogP contribution >= 0.6 is 0 Å². The van der Waals surface area contributed by atoms with Gasteiger partial charge >= 0.3 is 6.18 Å². The molecule has 0 aromatic heterocycles. The van der Waals surface area contributed by atoms with Crippen LogP contribution in [-0.4, -0.2) is 62.2 Å². The molecule has 0 atom stereocenters. The summed E-state index contributed by atoms with van der Waals surface area (Å²) in [6.45, 7) is 2.89. The topological polar surface area (TPSA) is 30.9 Å². The Morgan fingerprint density at radius 1 is 1.24 bits per heavy atom. The van der Waals surface area contributed by atoms with Crippen LogP contribution in [0.15, 0.2) is 29.3 Å². The Labute approximate surface area is 146 Å². The molecule has 0 fully saturated rings. The zero-order chi connectivity index (χ0) is 18.9. The van der Waals surface area contributed by atoms with Crippen LogP contribution in [-0.2, 0) is 6.54 Å². The number of hydrogen-bond acceptors (Lipinski definition) is 2. The normalized spacial score (nSPS) is 12.6. The Kier molecular flexibility index (Phi) is 8.68.